The standard InChI is InChI=1S/C16H15N3O2/c1-2-3-4-9-15(20)19-13-7-5-8-14(12-13)21-16-17-10-6-11-18-16/h2-12H,1H3,(H,19,20)/b3-2+,9-4+. The number of amides is 1. The molecule has 0 spiro atoms. The number of hydrogen-bond donors (Lipinski definition) is 1. The van der Waals surface area contributed by atoms with Crippen molar-refractivity contribution in [2.75, 3.05) is 5.32 Å². The SMILES string of the molecule is C/C=C/C=C/C(=O)Nc1cccc(Oc2ncccn2)c1. The number of carbonyl (C=O) groups excluding carboxylic acids is 1. The monoisotopic (exact) mass is 281 g/mol. The Bertz CT molecular complexity index is 652. The third kappa shape index (κ3) is 4.91. The summed E-state index contributed by atoms with van der Waals surface area (Å²) in [5, 5.41) is 2.75. The summed E-state index contributed by atoms with van der Waals surface area (Å²) in [6.07, 6.45) is 9.95. The first-order valence-corrected chi connectivity index (χ1v) is 6.43. The van der Waals surface area contributed by atoms with Crippen LogP contribution in [0.4, 0.5) is 5.69 Å². The maximum absolute atomic E-state index is 11.7. The van der Waals surface area contributed by atoms with Gasteiger partial charge in [-0.1, -0.05) is 24.3 Å². The van der Waals surface area contributed by atoms with Crippen molar-refractivity contribution in [2.45, 2.75) is 6.92 Å². The zero-order valence-electron chi connectivity index (χ0n) is 11.6. The number of nitrogens with zero attached hydrogens (tertiary/aromatic N) is 2. The van der Waals surface area contributed by atoms with Gasteiger partial charge in [-0.2, -0.15) is 0 Å². The first-order valence-electron chi connectivity index (χ1n) is 6.43. The Kier molecular flexibility index (Phi) is 5.23. The molecule has 1 aromatic carbocycles. The van der Waals surface area contributed by atoms with Crippen molar-refractivity contribution < 1.29 is 9.53 Å². The second-order valence-corrected chi connectivity index (χ2v) is 4.04. The Balaban J connectivity index is 2.02. The van der Waals surface area contributed by atoms with E-state index in [0.717, 1.165) is 0 Å². The van der Waals surface area contributed by atoms with E-state index >= 15 is 0 Å². The van der Waals surface area contributed by atoms with Gasteiger partial charge in [0, 0.05) is 30.2 Å². The van der Waals surface area contributed by atoms with Gasteiger partial charge in [0.1, 0.15) is 5.75 Å². The summed E-state index contributed by atoms with van der Waals surface area (Å²) in [5.41, 5.74) is 0.638. The average Bonchev–Trinajstić information content (AvgIpc) is 2.49. The van der Waals surface area contributed by atoms with E-state index in [4.69, 9.17) is 4.74 Å². The van der Waals surface area contributed by atoms with Crippen molar-refractivity contribution in [1.29, 1.82) is 0 Å². The van der Waals surface area contributed by atoms with E-state index in [2.05, 4.69) is 15.3 Å². The van der Waals surface area contributed by atoms with Crippen LogP contribution in [0.5, 0.6) is 11.8 Å². The molecular formula is C16H15N3O2. The Morgan fingerprint density at radius 1 is 1.19 bits per heavy atom. The molecule has 0 saturated heterocycles. The molecule has 0 radical (unpaired) electrons. The largest absolute Gasteiger partial charge is 0.424 e. The Morgan fingerprint density at radius 3 is 2.76 bits per heavy atom. The molecule has 0 aliphatic heterocycles. The third-order valence-electron chi connectivity index (χ3n) is 2.40. The summed E-state index contributed by atoms with van der Waals surface area (Å²) in [4.78, 5) is 19.6. The van der Waals surface area contributed by atoms with Crippen molar-refractivity contribution in [3.05, 3.63) is 67.0 Å². The first-order chi connectivity index (χ1) is 10.3. The van der Waals surface area contributed by atoms with Crippen LogP contribution in [0.25, 0.3) is 0 Å². The summed E-state index contributed by atoms with van der Waals surface area (Å²) < 4.78 is 5.50. The molecule has 0 saturated carbocycles. The second-order valence-electron chi connectivity index (χ2n) is 4.04. The minimum atomic E-state index is -0.207. The van der Waals surface area contributed by atoms with Gasteiger partial charge < -0.3 is 10.1 Å². The van der Waals surface area contributed by atoms with Crippen LogP contribution in [0.3, 0.4) is 0 Å². The van der Waals surface area contributed by atoms with Crippen LogP contribution in [0.1, 0.15) is 6.92 Å². The van der Waals surface area contributed by atoms with E-state index in [1.807, 2.05) is 13.0 Å². The fourth-order valence-electron chi connectivity index (χ4n) is 1.52. The van der Waals surface area contributed by atoms with Crippen molar-refractivity contribution in [3.8, 4) is 11.8 Å². The minimum absolute atomic E-state index is 0.207. The van der Waals surface area contributed by atoms with Gasteiger partial charge in [-0.25, -0.2) is 9.97 Å². The highest BCUT2D eigenvalue weighted by Crippen LogP contribution is 2.21. The predicted octanol–water partition coefficient (Wildman–Crippen LogP) is 3.34. The van der Waals surface area contributed by atoms with Crippen molar-refractivity contribution in [2.24, 2.45) is 0 Å². The number of benzene rings is 1. The highest BCUT2D eigenvalue weighted by Gasteiger charge is 2.02. The van der Waals surface area contributed by atoms with Gasteiger partial charge >= 0.3 is 6.01 Å². The van der Waals surface area contributed by atoms with E-state index in [0.29, 0.717) is 11.4 Å². The van der Waals surface area contributed by atoms with Gasteiger partial charge in [-0.05, 0) is 25.1 Å². The van der Waals surface area contributed by atoms with Crippen LogP contribution >= 0.6 is 0 Å². The number of nitrogens with one attached hydrogen (secondary N) is 1. The van der Waals surface area contributed by atoms with Crippen LogP contribution < -0.4 is 10.1 Å². The number of aromatic nitrogens is 2. The average molecular weight is 281 g/mol. The minimum Gasteiger partial charge on any atom is -0.424 e. The van der Waals surface area contributed by atoms with Gasteiger partial charge in [0.05, 0.1) is 0 Å². The molecule has 0 aliphatic carbocycles. The van der Waals surface area contributed by atoms with Crippen LogP contribution in [0.15, 0.2) is 67.0 Å². The van der Waals surface area contributed by atoms with Gasteiger partial charge in [0.2, 0.25) is 5.91 Å². The topological polar surface area (TPSA) is 64.1 Å². The van der Waals surface area contributed by atoms with E-state index < -0.39 is 0 Å². The van der Waals surface area contributed by atoms with E-state index in [9.17, 15) is 4.79 Å². The molecule has 0 unspecified atom stereocenters. The quantitative estimate of drug-likeness (QED) is 0.674. The third-order valence-corrected chi connectivity index (χ3v) is 2.40. The van der Waals surface area contributed by atoms with Crippen LogP contribution in [0, 0.1) is 0 Å². The summed E-state index contributed by atoms with van der Waals surface area (Å²) in [6, 6.07) is 9.00. The highest BCUT2D eigenvalue weighted by atomic mass is 16.5. The van der Waals surface area contributed by atoms with Crippen molar-refractivity contribution in [1.82, 2.24) is 9.97 Å². The number of hydrogen-bond acceptors (Lipinski definition) is 4. The van der Waals surface area contributed by atoms with E-state index in [1.165, 1.54) is 6.08 Å². The van der Waals surface area contributed by atoms with Gasteiger partial charge in [0.25, 0.3) is 0 Å². The van der Waals surface area contributed by atoms with Crippen LogP contribution in [0.2, 0.25) is 0 Å². The van der Waals surface area contributed by atoms with Crippen LogP contribution in [-0.2, 0) is 4.79 Å². The number of rotatable bonds is 5. The number of carbonyl (C=O) groups is 1. The number of anilines is 1. The maximum Gasteiger partial charge on any atom is 0.321 e. The molecule has 1 heterocycles. The lowest BCUT2D eigenvalue weighted by Gasteiger charge is -2.06. The molecule has 0 bridgehead atoms. The lowest BCUT2D eigenvalue weighted by atomic mass is 10.3. The lowest BCUT2D eigenvalue weighted by Crippen LogP contribution is -2.07. The fraction of sp³-hybridized carbons (Fsp3) is 0.0625. The summed E-state index contributed by atoms with van der Waals surface area (Å²) in [5.74, 6) is 0.345. The first kappa shape index (κ1) is 14.5. The second kappa shape index (κ2) is 7.59. The zero-order valence-corrected chi connectivity index (χ0v) is 11.6. The molecule has 5 nitrogen and oxygen atoms in total. The molecule has 2 rings (SSSR count). The smallest absolute Gasteiger partial charge is 0.321 e. The molecule has 21 heavy (non-hydrogen) atoms. The summed E-state index contributed by atoms with van der Waals surface area (Å²) in [6.45, 7) is 1.88. The Morgan fingerprint density at radius 2 is 2.00 bits per heavy atom. The van der Waals surface area contributed by atoms with Crippen molar-refractivity contribution in [3.63, 3.8) is 0 Å². The molecule has 0 atom stereocenters. The summed E-state index contributed by atoms with van der Waals surface area (Å²) in [7, 11) is 0. The van der Waals surface area contributed by atoms with E-state index in [1.54, 1.807) is 54.9 Å². The summed E-state index contributed by atoms with van der Waals surface area (Å²) >= 11 is 0. The Hall–Kier alpha value is -2.95. The normalized spacial score (nSPS) is 10.9. The fourth-order valence-corrected chi connectivity index (χ4v) is 1.52. The maximum atomic E-state index is 11.7. The highest BCUT2D eigenvalue weighted by molar-refractivity contribution is 5.99. The molecule has 2 aromatic rings. The molecule has 0 aliphatic rings. The molecule has 106 valence electrons. The Labute approximate surface area is 123 Å². The molecule has 0 fully saturated rings. The molecule has 5 heteroatoms. The van der Waals surface area contributed by atoms with Crippen LogP contribution in [-0.4, -0.2) is 15.9 Å². The molecule has 1 aromatic heterocycles. The number of allylic oxidation sites excluding steroid dienone is 3. The lowest BCUT2D eigenvalue weighted by molar-refractivity contribution is -0.111. The zero-order chi connectivity index (χ0) is 14.9. The van der Waals surface area contributed by atoms with E-state index in [-0.39, 0.29) is 11.9 Å². The molecular weight excluding hydrogens is 266 g/mol. The molecule has 1 N–H and O–H groups in total. The van der Waals surface area contributed by atoms with Crippen molar-refractivity contribution >= 4 is 11.6 Å². The van der Waals surface area contributed by atoms with Gasteiger partial charge in [-0.3, -0.25) is 4.79 Å². The number of ether oxygens (including phenoxy) is 1. The predicted molar refractivity (Wildman–Crippen MR) is 81.1 cm³/mol. The van der Waals surface area contributed by atoms with Gasteiger partial charge in [0.15, 0.2) is 0 Å². The van der Waals surface area contributed by atoms with Gasteiger partial charge in [-0.15, -0.1) is 0 Å². The molecule has 1 amide bonds.